The van der Waals surface area contributed by atoms with Gasteiger partial charge in [0.2, 0.25) is 5.79 Å². The van der Waals surface area contributed by atoms with E-state index < -0.39 is 77.9 Å². The number of ketones is 2. The maximum Gasteiger partial charge on any atom is 0.329 e. The van der Waals surface area contributed by atoms with Crippen molar-refractivity contribution in [2.75, 3.05) is 74.6 Å². The summed E-state index contributed by atoms with van der Waals surface area (Å²) in [5, 5.41) is 33.6. The molecule has 0 aromatic rings. The van der Waals surface area contributed by atoms with Crippen molar-refractivity contribution in [1.29, 1.82) is 0 Å². The number of esters is 1. The number of fused-ring (bicyclic) bond motifs is 3. The Labute approximate surface area is 448 Å². The quantitative estimate of drug-likeness (QED) is 0.0637. The number of methoxy groups -OCH3 is 4. The van der Waals surface area contributed by atoms with Crippen LogP contribution < -0.4 is 0 Å². The highest BCUT2D eigenvalue weighted by Gasteiger charge is 2.53. The fourth-order valence-corrected chi connectivity index (χ4v) is 11.3. The molecule has 0 radical (unpaired) electrons. The van der Waals surface area contributed by atoms with E-state index in [9.17, 15) is 34.5 Å². The first-order valence-electron chi connectivity index (χ1n) is 27.7. The highest BCUT2D eigenvalue weighted by Crippen LogP contribution is 2.38. The fraction of sp³-hybridized carbons (Fsp3) is 0.793. The van der Waals surface area contributed by atoms with E-state index in [0.717, 1.165) is 18.4 Å². The largest absolute Gasteiger partial charge is 0.460 e. The number of aliphatic hydroxyl groups is 3. The van der Waals surface area contributed by atoms with E-state index >= 15 is 0 Å². The van der Waals surface area contributed by atoms with Gasteiger partial charge in [-0.15, -0.1) is 0 Å². The van der Waals surface area contributed by atoms with Crippen molar-refractivity contribution in [3.05, 3.63) is 47.6 Å². The molecule has 3 fully saturated rings. The second kappa shape index (κ2) is 32.6. The summed E-state index contributed by atoms with van der Waals surface area (Å²) in [6, 6.07) is -1.12. The number of Topliss-reactive ketones (excluding diaryl/α,β-unsaturated/α-hetero) is 2. The van der Waals surface area contributed by atoms with Gasteiger partial charge in [-0.05, 0) is 107 Å². The fourth-order valence-electron chi connectivity index (χ4n) is 11.3. The number of aliphatic hydroxyl groups excluding tert-OH is 2. The predicted molar refractivity (Wildman–Crippen MR) is 283 cm³/mol. The minimum atomic E-state index is -2.46. The van der Waals surface area contributed by atoms with Crippen LogP contribution in [0.1, 0.15) is 126 Å². The summed E-state index contributed by atoms with van der Waals surface area (Å²) >= 11 is 0. The molecule has 1 amide bonds. The maximum absolute atomic E-state index is 14.7. The van der Waals surface area contributed by atoms with E-state index in [1.165, 1.54) is 19.1 Å². The average molecular weight is 1060 g/mol. The van der Waals surface area contributed by atoms with Gasteiger partial charge in [0.15, 0.2) is 5.78 Å². The Morgan fingerprint density at radius 2 is 1.51 bits per heavy atom. The summed E-state index contributed by atoms with van der Waals surface area (Å²) in [6.45, 7) is 14.9. The number of cyclic esters (lactones) is 1. The summed E-state index contributed by atoms with van der Waals surface area (Å²) in [5.74, 6) is -7.03. The van der Waals surface area contributed by atoms with Crippen molar-refractivity contribution in [3.63, 3.8) is 0 Å². The molecular weight excluding hydrogens is 967 g/mol. The molecule has 16 atom stereocenters. The number of allylic oxidation sites excluding steroid dienone is 5. The van der Waals surface area contributed by atoms with Crippen LogP contribution >= 0.6 is 0 Å². The van der Waals surface area contributed by atoms with Gasteiger partial charge in [-0.2, -0.15) is 0 Å². The molecular formula is C58H95NO16. The van der Waals surface area contributed by atoms with Crippen molar-refractivity contribution in [3.8, 4) is 0 Å². The van der Waals surface area contributed by atoms with Crippen molar-refractivity contribution in [2.24, 2.45) is 35.5 Å². The molecule has 4 rings (SSSR count). The Morgan fingerprint density at radius 3 is 2.20 bits per heavy atom. The van der Waals surface area contributed by atoms with Crippen LogP contribution in [0, 0.1) is 35.5 Å². The second-order valence-corrected chi connectivity index (χ2v) is 21.8. The number of carbonyl (C=O) groups is 4. The first-order valence-corrected chi connectivity index (χ1v) is 27.7. The molecule has 2 saturated heterocycles. The maximum atomic E-state index is 14.7. The van der Waals surface area contributed by atoms with Crippen molar-refractivity contribution in [2.45, 2.75) is 186 Å². The Balaban J connectivity index is 1.72. The number of hydrogen-bond donors (Lipinski definition) is 3. The summed E-state index contributed by atoms with van der Waals surface area (Å²) in [5.41, 5.74) is 1.56. The highest BCUT2D eigenvalue weighted by molar-refractivity contribution is 6.39. The third kappa shape index (κ3) is 19.0. The van der Waals surface area contributed by atoms with Gasteiger partial charge in [0, 0.05) is 65.6 Å². The van der Waals surface area contributed by atoms with Crippen molar-refractivity contribution < 1.29 is 77.1 Å². The molecule has 3 N–H and O–H groups in total. The van der Waals surface area contributed by atoms with E-state index in [4.69, 9.17) is 42.6 Å². The minimum absolute atomic E-state index is 0.0425. The number of rotatable bonds is 16. The summed E-state index contributed by atoms with van der Waals surface area (Å²) < 4.78 is 53.4. The number of amides is 1. The normalized spacial score (nSPS) is 36.5. The third-order valence-electron chi connectivity index (χ3n) is 16.0. The zero-order valence-corrected chi connectivity index (χ0v) is 47.2. The zero-order valence-electron chi connectivity index (χ0n) is 47.2. The van der Waals surface area contributed by atoms with Gasteiger partial charge in [-0.25, -0.2) is 4.79 Å². The molecule has 0 aromatic heterocycles. The molecule has 17 heteroatoms. The molecule has 1 saturated carbocycles. The predicted octanol–water partition coefficient (Wildman–Crippen LogP) is 6.68. The molecule has 2 bridgehead atoms. The molecule has 2 unspecified atom stereocenters. The lowest BCUT2D eigenvalue weighted by molar-refractivity contribution is -0.266. The van der Waals surface area contributed by atoms with E-state index in [2.05, 4.69) is 6.92 Å². The molecule has 17 nitrogen and oxygen atoms in total. The van der Waals surface area contributed by atoms with Gasteiger partial charge in [-0.3, -0.25) is 14.4 Å². The van der Waals surface area contributed by atoms with Gasteiger partial charge in [0.25, 0.3) is 11.7 Å². The molecule has 0 aromatic carbocycles. The van der Waals surface area contributed by atoms with E-state index in [1.54, 1.807) is 21.1 Å². The van der Waals surface area contributed by atoms with Crippen LogP contribution in [0.2, 0.25) is 0 Å². The first-order chi connectivity index (χ1) is 35.8. The minimum Gasteiger partial charge on any atom is -0.460 e. The number of hydrogen-bond acceptors (Lipinski definition) is 16. The monoisotopic (exact) mass is 1060 g/mol. The lowest BCUT2D eigenvalue weighted by Crippen LogP contribution is -2.61. The lowest BCUT2D eigenvalue weighted by Gasteiger charge is -2.43. The van der Waals surface area contributed by atoms with Crippen LogP contribution in [0.3, 0.4) is 0 Å². The Morgan fingerprint density at radius 1 is 0.773 bits per heavy atom. The average Bonchev–Trinajstić information content (AvgIpc) is 3.39. The SMILES string of the molecule is COCCOCCOC1C[C@@H]2CC[C@@H](C)[C@@](O)(O2)C(=O)C(=O)N2CCCC[C@H]2C(=O)O[C@H]([C@H](C)C[C@@H]2CC[C@@H](OCCO)[C@H](OC)C2)CC(O)[C@H](C)/C=C(\C)[C@@H](OC)[C@@H](OC)C(=O)[C@H](C)C[C@H](C)/C=C/C=CC=C1C. The number of nitrogens with zero attached hydrogens (tertiary/aromatic N) is 1. The lowest BCUT2D eigenvalue weighted by atomic mass is 9.78. The number of carbonyl (C=O) groups excluding carboxylic acids is 4. The Bertz CT molecular complexity index is 1890. The third-order valence-corrected chi connectivity index (χ3v) is 16.0. The summed E-state index contributed by atoms with van der Waals surface area (Å²) in [4.78, 5) is 59.0. The van der Waals surface area contributed by atoms with Gasteiger partial charge in [-0.1, -0.05) is 71.1 Å². The molecule has 3 aliphatic heterocycles. The standard InChI is InChI=1S/C58H95NO16/c1-37-17-13-12-14-18-38(2)49(73-30-29-71-28-27-67-8)35-45-22-20-43(7)58(66,75-45)55(63)56(64)59-24-16-15-19-46(59)57(65)74-50(40(4)33-44-21-23-48(72-26-25-60)51(34-44)68-9)36-47(61)39(3)32-42(6)53(69-10)54(70-11)52(62)41(5)31-37/h12-14,17-18,32,37,39-41,43-51,53-54,60-61,66H,15-16,19-31,33-36H2,1-11H3/b14-12?,17-13+,38-18?,42-32+/t37-,39-,40-,41-,43-,44+,45+,46+,47?,48-,49?,50+,51-,53-,54+,58-/m1/s1. The van der Waals surface area contributed by atoms with E-state index in [1.807, 2.05) is 71.1 Å². The van der Waals surface area contributed by atoms with Crippen LogP contribution in [0.5, 0.6) is 0 Å². The number of piperidine rings is 1. The van der Waals surface area contributed by atoms with Gasteiger partial charge in [0.05, 0.1) is 70.2 Å². The number of ether oxygens (including phenoxy) is 9. The van der Waals surface area contributed by atoms with Gasteiger partial charge >= 0.3 is 5.97 Å². The van der Waals surface area contributed by atoms with Gasteiger partial charge < -0.3 is 62.9 Å². The van der Waals surface area contributed by atoms with Crippen LogP contribution in [-0.2, 0) is 61.8 Å². The molecule has 0 spiro atoms. The van der Waals surface area contributed by atoms with Crippen LogP contribution in [0.15, 0.2) is 47.6 Å². The van der Waals surface area contributed by atoms with E-state index in [-0.39, 0.29) is 87.3 Å². The first kappa shape index (κ1) is 64.3. The zero-order chi connectivity index (χ0) is 55.2. The molecule has 1 aliphatic carbocycles. The van der Waals surface area contributed by atoms with E-state index in [0.29, 0.717) is 70.3 Å². The smallest absolute Gasteiger partial charge is 0.329 e. The van der Waals surface area contributed by atoms with Crippen molar-refractivity contribution in [1.82, 2.24) is 4.90 Å². The van der Waals surface area contributed by atoms with Crippen LogP contribution in [-0.4, -0.2) is 179 Å². The van der Waals surface area contributed by atoms with Gasteiger partial charge in [0.1, 0.15) is 24.4 Å². The Hall–Kier alpha value is -3.20. The summed E-state index contributed by atoms with van der Waals surface area (Å²) in [7, 11) is 6.28. The topological polar surface area (TPSA) is 215 Å². The molecule has 428 valence electrons. The van der Waals surface area contributed by atoms with Crippen molar-refractivity contribution >= 4 is 23.4 Å². The molecule has 4 aliphatic rings. The highest BCUT2D eigenvalue weighted by atomic mass is 16.6. The van der Waals surface area contributed by atoms with Crippen LogP contribution in [0.4, 0.5) is 0 Å². The molecule has 75 heavy (non-hydrogen) atoms. The second-order valence-electron chi connectivity index (χ2n) is 21.8. The van der Waals surface area contributed by atoms with Crippen LogP contribution in [0.25, 0.3) is 0 Å². The Kier molecular flexibility index (Phi) is 28.0. The molecule has 3 heterocycles. The summed E-state index contributed by atoms with van der Waals surface area (Å²) in [6.07, 6.45) is 12.6.